The number of thiophene rings is 1. The Hall–Kier alpha value is -3.49. The minimum absolute atomic E-state index is 0.106. The van der Waals surface area contributed by atoms with Crippen LogP contribution in [0, 0.1) is 0 Å². The van der Waals surface area contributed by atoms with Crippen LogP contribution in [-0.2, 0) is 32.5 Å². The standard InChI is InChI=1S/C26H32N4O8S2/c1-3-38-26(34)29-15-12-19-20(16-29)39-24(21(19)23(32)28-25(33)37-2)27-22(31)17-8-10-18(11-9-17)40(35,36)30-13-6-4-5-7-14-30/h8-11H,3-7,12-16H2,1-2H3,(H,27,31)(H,28,32,33). The molecule has 0 atom stereocenters. The molecule has 40 heavy (non-hydrogen) atoms. The van der Waals surface area contributed by atoms with Crippen molar-refractivity contribution in [1.29, 1.82) is 0 Å². The number of nitrogens with one attached hydrogen (secondary N) is 2. The Morgan fingerprint density at radius 2 is 1.65 bits per heavy atom. The lowest BCUT2D eigenvalue weighted by molar-refractivity contribution is 0.0936. The second-order valence-electron chi connectivity index (χ2n) is 9.32. The van der Waals surface area contributed by atoms with E-state index in [2.05, 4.69) is 15.4 Å². The minimum Gasteiger partial charge on any atom is -0.453 e. The first-order valence-electron chi connectivity index (χ1n) is 13.0. The number of carbonyl (C=O) groups excluding carboxylic acids is 4. The van der Waals surface area contributed by atoms with Crippen LogP contribution in [0.5, 0.6) is 0 Å². The summed E-state index contributed by atoms with van der Waals surface area (Å²) in [6, 6.07) is 5.64. The van der Waals surface area contributed by atoms with Crippen LogP contribution in [0.25, 0.3) is 0 Å². The number of benzene rings is 1. The summed E-state index contributed by atoms with van der Waals surface area (Å²) in [5, 5.41) is 5.05. The third-order valence-corrected chi connectivity index (χ3v) is 9.80. The zero-order valence-electron chi connectivity index (χ0n) is 22.4. The Balaban J connectivity index is 1.57. The van der Waals surface area contributed by atoms with Crippen molar-refractivity contribution in [2.24, 2.45) is 0 Å². The van der Waals surface area contributed by atoms with Crippen molar-refractivity contribution in [2.45, 2.75) is 50.5 Å². The third-order valence-electron chi connectivity index (χ3n) is 6.76. The van der Waals surface area contributed by atoms with Crippen molar-refractivity contribution in [3.63, 3.8) is 0 Å². The van der Waals surface area contributed by atoms with Crippen molar-refractivity contribution in [2.75, 3.05) is 38.7 Å². The molecular weight excluding hydrogens is 560 g/mol. The number of carbonyl (C=O) groups is 4. The van der Waals surface area contributed by atoms with Gasteiger partial charge in [-0.25, -0.2) is 18.0 Å². The Labute approximate surface area is 236 Å². The molecule has 0 unspecified atom stereocenters. The number of nitrogens with zero attached hydrogens (tertiary/aromatic N) is 2. The summed E-state index contributed by atoms with van der Waals surface area (Å²) in [5.41, 5.74) is 0.914. The van der Waals surface area contributed by atoms with E-state index in [1.165, 1.54) is 33.5 Å². The maximum atomic E-state index is 13.2. The summed E-state index contributed by atoms with van der Waals surface area (Å²) >= 11 is 1.12. The van der Waals surface area contributed by atoms with Gasteiger partial charge in [-0.05, 0) is 56.0 Å². The van der Waals surface area contributed by atoms with Crippen molar-refractivity contribution >= 4 is 50.4 Å². The summed E-state index contributed by atoms with van der Waals surface area (Å²) in [4.78, 5) is 52.4. The van der Waals surface area contributed by atoms with E-state index in [0.29, 0.717) is 36.5 Å². The van der Waals surface area contributed by atoms with Crippen LogP contribution in [0.4, 0.5) is 14.6 Å². The van der Waals surface area contributed by atoms with E-state index in [1.54, 1.807) is 6.92 Å². The fourth-order valence-electron chi connectivity index (χ4n) is 4.69. The van der Waals surface area contributed by atoms with Gasteiger partial charge in [-0.2, -0.15) is 4.31 Å². The minimum atomic E-state index is -3.67. The summed E-state index contributed by atoms with van der Waals surface area (Å²) in [6.45, 7) is 3.34. The lowest BCUT2D eigenvalue weighted by Crippen LogP contribution is -2.37. The van der Waals surface area contributed by atoms with Gasteiger partial charge in [0, 0.05) is 30.1 Å². The predicted octanol–water partition coefficient (Wildman–Crippen LogP) is 3.58. The lowest BCUT2D eigenvalue weighted by Gasteiger charge is -2.26. The number of sulfonamides is 1. The van der Waals surface area contributed by atoms with E-state index in [4.69, 9.17) is 4.74 Å². The van der Waals surface area contributed by atoms with Crippen LogP contribution < -0.4 is 10.6 Å². The number of amides is 4. The molecule has 2 aliphatic heterocycles. The van der Waals surface area contributed by atoms with E-state index in [0.717, 1.165) is 44.1 Å². The number of imide groups is 1. The van der Waals surface area contributed by atoms with Gasteiger partial charge < -0.3 is 19.7 Å². The molecule has 2 aromatic rings. The molecule has 0 spiro atoms. The first-order chi connectivity index (χ1) is 19.1. The number of hydrogen-bond acceptors (Lipinski definition) is 9. The van der Waals surface area contributed by atoms with E-state index < -0.39 is 34.0 Å². The van der Waals surface area contributed by atoms with Crippen LogP contribution in [0.2, 0.25) is 0 Å². The van der Waals surface area contributed by atoms with Gasteiger partial charge in [-0.1, -0.05) is 12.8 Å². The largest absolute Gasteiger partial charge is 0.453 e. The van der Waals surface area contributed by atoms with Gasteiger partial charge in [0.1, 0.15) is 5.00 Å². The summed E-state index contributed by atoms with van der Waals surface area (Å²) in [6.07, 6.45) is 2.50. The molecule has 216 valence electrons. The fraction of sp³-hybridized carbons (Fsp3) is 0.462. The van der Waals surface area contributed by atoms with Crippen LogP contribution >= 0.6 is 11.3 Å². The maximum absolute atomic E-state index is 13.2. The van der Waals surface area contributed by atoms with Gasteiger partial charge in [0.25, 0.3) is 11.8 Å². The average Bonchev–Trinajstić information content (AvgIpc) is 3.09. The van der Waals surface area contributed by atoms with Gasteiger partial charge in [-0.3, -0.25) is 14.9 Å². The number of methoxy groups -OCH3 is 1. The number of rotatable bonds is 6. The highest BCUT2D eigenvalue weighted by molar-refractivity contribution is 7.89. The second kappa shape index (κ2) is 12.8. The van der Waals surface area contributed by atoms with Crippen LogP contribution in [0.3, 0.4) is 0 Å². The van der Waals surface area contributed by atoms with Crippen molar-refractivity contribution in [3.05, 3.63) is 45.8 Å². The molecular formula is C26H32N4O8S2. The highest BCUT2D eigenvalue weighted by Crippen LogP contribution is 2.37. The van der Waals surface area contributed by atoms with Crippen LogP contribution in [-0.4, -0.2) is 75.0 Å². The zero-order chi connectivity index (χ0) is 28.9. The van der Waals surface area contributed by atoms with Crippen LogP contribution in [0.1, 0.15) is 63.8 Å². The van der Waals surface area contributed by atoms with Gasteiger partial charge in [0.15, 0.2) is 0 Å². The molecule has 1 fully saturated rings. The molecule has 1 aromatic carbocycles. The molecule has 0 radical (unpaired) electrons. The number of anilines is 1. The van der Waals surface area contributed by atoms with Gasteiger partial charge in [-0.15, -0.1) is 11.3 Å². The molecule has 0 saturated carbocycles. The molecule has 2 aliphatic rings. The Bertz CT molecular complexity index is 1380. The maximum Gasteiger partial charge on any atom is 0.413 e. The van der Waals surface area contributed by atoms with E-state index in [-0.39, 0.29) is 34.2 Å². The van der Waals surface area contributed by atoms with Crippen LogP contribution in [0.15, 0.2) is 29.2 Å². The highest BCUT2D eigenvalue weighted by atomic mass is 32.2. The molecule has 1 aromatic heterocycles. The molecule has 3 heterocycles. The van der Waals surface area contributed by atoms with E-state index in [1.807, 2.05) is 0 Å². The average molecular weight is 593 g/mol. The molecule has 12 nitrogen and oxygen atoms in total. The number of alkyl carbamates (subject to hydrolysis) is 1. The number of hydrogen-bond donors (Lipinski definition) is 2. The first-order valence-corrected chi connectivity index (χ1v) is 15.3. The van der Waals surface area contributed by atoms with E-state index >= 15 is 0 Å². The quantitative estimate of drug-likeness (QED) is 0.517. The molecule has 14 heteroatoms. The fourth-order valence-corrected chi connectivity index (χ4v) is 7.47. The lowest BCUT2D eigenvalue weighted by atomic mass is 10.0. The normalized spacial score (nSPS) is 15.9. The molecule has 0 bridgehead atoms. The third kappa shape index (κ3) is 6.45. The molecule has 4 amide bonds. The van der Waals surface area contributed by atoms with E-state index in [9.17, 15) is 27.6 Å². The molecule has 0 aliphatic carbocycles. The highest BCUT2D eigenvalue weighted by Gasteiger charge is 2.32. The van der Waals surface area contributed by atoms with Crippen molar-refractivity contribution in [1.82, 2.24) is 14.5 Å². The molecule has 4 rings (SSSR count). The van der Waals surface area contributed by atoms with Gasteiger partial charge >= 0.3 is 12.2 Å². The first kappa shape index (κ1) is 29.5. The second-order valence-corrected chi connectivity index (χ2v) is 12.4. The Morgan fingerprint density at radius 3 is 2.27 bits per heavy atom. The number of ether oxygens (including phenoxy) is 2. The zero-order valence-corrected chi connectivity index (χ0v) is 24.0. The van der Waals surface area contributed by atoms with Gasteiger partial charge in [0.2, 0.25) is 10.0 Å². The number of fused-ring (bicyclic) bond motifs is 1. The molecule has 2 N–H and O–H groups in total. The smallest absolute Gasteiger partial charge is 0.413 e. The van der Waals surface area contributed by atoms with Gasteiger partial charge in [0.05, 0.1) is 30.7 Å². The van der Waals surface area contributed by atoms with Crippen molar-refractivity contribution < 1.29 is 37.1 Å². The summed E-state index contributed by atoms with van der Waals surface area (Å²) in [7, 11) is -2.55. The summed E-state index contributed by atoms with van der Waals surface area (Å²) < 4.78 is 37.3. The predicted molar refractivity (Wildman–Crippen MR) is 147 cm³/mol. The molecule has 1 saturated heterocycles. The topological polar surface area (TPSA) is 151 Å². The van der Waals surface area contributed by atoms with Crippen molar-refractivity contribution in [3.8, 4) is 0 Å². The SMILES string of the molecule is CCOC(=O)N1CCc2c(sc(NC(=O)c3ccc(S(=O)(=O)N4CCCCCC4)cc3)c2C(=O)NC(=O)OC)C1. The Kier molecular flexibility index (Phi) is 9.43. The summed E-state index contributed by atoms with van der Waals surface area (Å²) in [5.74, 6) is -1.31. The Morgan fingerprint density at radius 1 is 0.975 bits per heavy atom. The monoisotopic (exact) mass is 592 g/mol.